The van der Waals surface area contributed by atoms with Crippen LogP contribution in [0.4, 0.5) is 0 Å². The van der Waals surface area contributed by atoms with Crippen molar-refractivity contribution in [2.24, 2.45) is 0 Å². The maximum atomic E-state index is 9.49. The van der Waals surface area contributed by atoms with Crippen LogP contribution in [-0.2, 0) is 4.79 Å². The topological polar surface area (TPSA) is 40.1 Å². The molecule has 0 unspecified atom stereocenters. The molecule has 0 aliphatic heterocycles. The minimum atomic E-state index is -1.19. The van der Waals surface area contributed by atoms with E-state index in [2.05, 4.69) is 62.7 Å². The van der Waals surface area contributed by atoms with Crippen LogP contribution in [0.15, 0.2) is 12.2 Å². The van der Waals surface area contributed by atoms with Crippen molar-refractivity contribution < 1.29 is 31.3 Å². The van der Waals surface area contributed by atoms with Gasteiger partial charge in [0.05, 0.1) is 61.3 Å². The van der Waals surface area contributed by atoms with E-state index in [1.165, 1.54) is 20.0 Å². The molecule has 0 bridgehead atoms. The third-order valence-corrected chi connectivity index (χ3v) is 2.25. The Morgan fingerprint density at radius 1 is 0.947 bits per heavy atom. The molecule has 118 valence electrons. The molecule has 0 aromatic rings. The molecule has 0 saturated carbocycles. The third-order valence-electron chi connectivity index (χ3n) is 2.25. The highest BCUT2D eigenvalue weighted by molar-refractivity contribution is 5.82. The summed E-state index contributed by atoms with van der Waals surface area (Å²) in [5.41, 5.74) is 0.0648. The van der Waals surface area contributed by atoms with Crippen LogP contribution in [0.25, 0.3) is 0 Å². The Hall–Kier alpha value is -0.580. The summed E-state index contributed by atoms with van der Waals surface area (Å²) < 4.78 is 2.14. The number of carboxylic acids is 1. The van der Waals surface area contributed by atoms with Gasteiger partial charge in [0.25, 0.3) is 0 Å². The minimum absolute atomic E-state index is 0. The molecule has 0 amide bonds. The highest BCUT2D eigenvalue weighted by Gasteiger charge is 1.98. The fourth-order valence-corrected chi connectivity index (χ4v) is 0. The predicted octanol–water partition coefficient (Wildman–Crippen LogP) is -2.26. The number of halogens is 1. The van der Waals surface area contributed by atoms with E-state index in [0.29, 0.717) is 0 Å². The molecular weight excluding hydrogens is 264 g/mol. The fourth-order valence-electron chi connectivity index (χ4n) is 0. The van der Waals surface area contributed by atoms with Crippen LogP contribution < -0.4 is 17.5 Å². The summed E-state index contributed by atoms with van der Waals surface area (Å²) in [6, 6.07) is 0. The van der Waals surface area contributed by atoms with E-state index in [9.17, 15) is 9.90 Å². The zero-order chi connectivity index (χ0) is 15.6. The smallest absolute Gasteiger partial charge is 0.0751 e. The summed E-state index contributed by atoms with van der Waals surface area (Å²) in [5.74, 6) is -1.19. The van der Waals surface area contributed by atoms with Gasteiger partial charge in [-0.15, -0.1) is 0 Å². The molecule has 19 heavy (non-hydrogen) atoms. The minimum Gasteiger partial charge on any atom is -1.00 e. The number of hydrogen-bond donors (Lipinski definition) is 0. The molecule has 0 rings (SSSR count). The van der Waals surface area contributed by atoms with E-state index >= 15 is 0 Å². The van der Waals surface area contributed by atoms with Gasteiger partial charge >= 0.3 is 0 Å². The van der Waals surface area contributed by atoms with E-state index in [1.807, 2.05) is 0 Å². The van der Waals surface area contributed by atoms with Crippen molar-refractivity contribution in [2.45, 2.75) is 20.8 Å². The van der Waals surface area contributed by atoms with Crippen LogP contribution in [0.1, 0.15) is 20.8 Å². The summed E-state index contributed by atoms with van der Waals surface area (Å²) in [5, 5.41) is 9.49. The maximum Gasteiger partial charge on any atom is 0.0751 e. The molecule has 5 heteroatoms. The van der Waals surface area contributed by atoms with Crippen molar-refractivity contribution in [1.82, 2.24) is 0 Å². The van der Waals surface area contributed by atoms with Gasteiger partial charge in [0.15, 0.2) is 0 Å². The monoisotopic (exact) mass is 296 g/mol. The quantitative estimate of drug-likeness (QED) is 0.436. The Labute approximate surface area is 126 Å². The van der Waals surface area contributed by atoms with Crippen molar-refractivity contribution in [3.05, 3.63) is 12.2 Å². The standard InChI is InChI=1S/2C5H14N.C4H6O2.ClH/c2*1-5-6(2,3)4;1-3(2)4(5)6;/h2*5H2,1-4H3;1H2,2H3,(H,5,6);1H/q2*+1;;/p-2. The van der Waals surface area contributed by atoms with Gasteiger partial charge in [0.1, 0.15) is 0 Å². The highest BCUT2D eigenvalue weighted by atomic mass is 35.5. The number of hydrogen-bond acceptors (Lipinski definition) is 2. The maximum absolute atomic E-state index is 9.49. The molecule has 0 radical (unpaired) electrons. The van der Waals surface area contributed by atoms with Crippen molar-refractivity contribution in [2.75, 3.05) is 55.4 Å². The largest absolute Gasteiger partial charge is 1.00 e. The van der Waals surface area contributed by atoms with Crippen LogP contribution in [0, 0.1) is 0 Å². The molecule has 0 heterocycles. The Bertz CT molecular complexity index is 215. The number of rotatable bonds is 3. The lowest BCUT2D eigenvalue weighted by molar-refractivity contribution is -0.868. The molecule has 0 aliphatic rings. The molecular formula is C14H33ClN2O2. The summed E-state index contributed by atoms with van der Waals surface area (Å²) in [7, 11) is 13.1. The second kappa shape index (κ2) is 12.5. The van der Waals surface area contributed by atoms with E-state index in [-0.39, 0.29) is 18.0 Å². The van der Waals surface area contributed by atoms with Gasteiger partial charge in [-0.3, -0.25) is 0 Å². The average Bonchev–Trinajstić information content (AvgIpc) is 2.17. The first kappa shape index (κ1) is 26.9. The lowest BCUT2D eigenvalue weighted by Gasteiger charge is -2.20. The Kier molecular flexibility index (Phi) is 17.6. The number of carbonyl (C=O) groups excluding carboxylic acids is 1. The number of carbonyl (C=O) groups is 1. The van der Waals surface area contributed by atoms with Crippen LogP contribution in [-0.4, -0.2) is 70.3 Å². The normalized spacial score (nSPS) is 9.95. The van der Waals surface area contributed by atoms with Crippen molar-refractivity contribution in [3.63, 3.8) is 0 Å². The molecule has 0 atom stereocenters. The second-order valence-electron chi connectivity index (χ2n) is 6.28. The Morgan fingerprint density at radius 2 is 1.05 bits per heavy atom. The SMILES string of the molecule is C=C(C)C(=O)[O-].CC[N+](C)(C)C.CC[N+](C)(C)C.[Cl-]. The summed E-state index contributed by atoms with van der Waals surface area (Å²) >= 11 is 0. The third kappa shape index (κ3) is 46.7. The first-order chi connectivity index (χ1) is 7.76. The van der Waals surface area contributed by atoms with Gasteiger partial charge in [-0.1, -0.05) is 6.58 Å². The number of carboxylic acid groups (broad SMARTS) is 1. The number of nitrogens with zero attached hydrogens (tertiary/aromatic N) is 2. The van der Waals surface area contributed by atoms with E-state index in [0.717, 1.165) is 8.97 Å². The molecule has 0 aromatic carbocycles. The summed E-state index contributed by atoms with van der Waals surface area (Å²) in [4.78, 5) is 9.49. The van der Waals surface area contributed by atoms with Gasteiger partial charge in [-0.25, -0.2) is 0 Å². The number of quaternary nitrogens is 2. The molecule has 0 fully saturated rings. The van der Waals surface area contributed by atoms with Crippen LogP contribution in [0.5, 0.6) is 0 Å². The fraction of sp³-hybridized carbons (Fsp3) is 0.786. The highest BCUT2D eigenvalue weighted by Crippen LogP contribution is 1.84. The van der Waals surface area contributed by atoms with Crippen LogP contribution in [0.2, 0.25) is 0 Å². The Balaban J connectivity index is -0.0000000865. The molecule has 0 aliphatic carbocycles. The number of aliphatic carboxylic acids is 1. The van der Waals surface area contributed by atoms with Gasteiger partial charge in [-0.2, -0.15) is 0 Å². The molecule has 4 nitrogen and oxygen atoms in total. The average molecular weight is 297 g/mol. The molecule has 0 aromatic heterocycles. The van der Waals surface area contributed by atoms with Gasteiger partial charge in [0, 0.05) is 0 Å². The Morgan fingerprint density at radius 3 is 1.05 bits per heavy atom. The van der Waals surface area contributed by atoms with Crippen molar-refractivity contribution in [3.8, 4) is 0 Å². The first-order valence-corrected chi connectivity index (χ1v) is 6.24. The van der Waals surface area contributed by atoms with Crippen LogP contribution in [0.3, 0.4) is 0 Å². The van der Waals surface area contributed by atoms with Gasteiger partial charge in [-0.05, 0) is 26.3 Å². The van der Waals surface area contributed by atoms with Crippen molar-refractivity contribution in [1.29, 1.82) is 0 Å². The molecule has 0 saturated heterocycles. The zero-order valence-corrected chi connectivity index (χ0v) is 15.0. The summed E-state index contributed by atoms with van der Waals surface area (Å²) in [6.45, 7) is 11.3. The lowest BCUT2D eigenvalue weighted by Crippen LogP contribution is -3.00. The van der Waals surface area contributed by atoms with E-state index in [1.54, 1.807) is 0 Å². The molecule has 0 N–H and O–H groups in total. The molecule has 0 spiro atoms. The van der Waals surface area contributed by atoms with Crippen LogP contribution >= 0.6 is 0 Å². The van der Waals surface area contributed by atoms with Gasteiger partial charge in [0.2, 0.25) is 0 Å². The van der Waals surface area contributed by atoms with E-state index < -0.39 is 5.97 Å². The van der Waals surface area contributed by atoms with E-state index in [4.69, 9.17) is 0 Å². The zero-order valence-electron chi connectivity index (χ0n) is 14.2. The van der Waals surface area contributed by atoms with Gasteiger partial charge < -0.3 is 31.3 Å². The second-order valence-corrected chi connectivity index (χ2v) is 6.28. The first-order valence-electron chi connectivity index (χ1n) is 6.24. The predicted molar refractivity (Wildman–Crippen MR) is 77.0 cm³/mol. The summed E-state index contributed by atoms with van der Waals surface area (Å²) in [6.07, 6.45) is 0. The lowest BCUT2D eigenvalue weighted by atomic mass is 10.4. The van der Waals surface area contributed by atoms with Crippen molar-refractivity contribution >= 4 is 5.97 Å².